The summed E-state index contributed by atoms with van der Waals surface area (Å²) in [5.74, 6) is 1.62. The maximum Gasteiger partial charge on any atom is 0.355 e. The van der Waals surface area contributed by atoms with Gasteiger partial charge in [-0.15, -0.1) is 0 Å². The molecule has 0 aliphatic rings. The first-order valence-electron chi connectivity index (χ1n) is 4.65. The van der Waals surface area contributed by atoms with Crippen molar-refractivity contribution < 1.29 is 17.2 Å². The van der Waals surface area contributed by atoms with Crippen molar-refractivity contribution in [3.05, 3.63) is 28.8 Å². The van der Waals surface area contributed by atoms with Crippen LogP contribution in [0.5, 0.6) is 0 Å². The van der Waals surface area contributed by atoms with Crippen LogP contribution in [-0.2, 0) is 10.0 Å². The number of hydrogen-bond donors (Lipinski definition) is 2. The van der Waals surface area contributed by atoms with Gasteiger partial charge < -0.3 is 5.73 Å². The maximum atomic E-state index is 12.2. The molecule has 1 aromatic carbocycles. The Kier molecular flexibility index (Phi) is 4.90. The summed E-state index contributed by atoms with van der Waals surface area (Å²) in [6, 6.07) is 3.87. The smallest absolute Gasteiger partial charge is 0.320 e. The third-order valence-corrected chi connectivity index (χ3v) is 3.11. The van der Waals surface area contributed by atoms with Crippen LogP contribution < -0.4 is 10.5 Å². The first kappa shape index (κ1) is 14.7. The first-order chi connectivity index (χ1) is 8.36. The topological polar surface area (TPSA) is 72.2 Å². The summed E-state index contributed by atoms with van der Waals surface area (Å²) in [4.78, 5) is 0. The van der Waals surface area contributed by atoms with Crippen LogP contribution in [0.15, 0.2) is 18.2 Å². The molecule has 0 aromatic heterocycles. The minimum Gasteiger partial charge on any atom is -0.320 e. The molecular weight excluding hydrogens is 286 g/mol. The van der Waals surface area contributed by atoms with Crippen molar-refractivity contribution in [2.45, 2.75) is 5.76 Å². The second kappa shape index (κ2) is 6.00. The Balaban J connectivity index is 3.06. The van der Waals surface area contributed by atoms with Crippen molar-refractivity contribution in [3.63, 3.8) is 0 Å². The van der Waals surface area contributed by atoms with Gasteiger partial charge in [0.15, 0.2) is 0 Å². The van der Waals surface area contributed by atoms with Gasteiger partial charge in [-0.2, -0.15) is 8.78 Å². The van der Waals surface area contributed by atoms with Crippen molar-refractivity contribution >= 4 is 27.3 Å². The number of nitrogens with one attached hydrogen (secondary N) is 1. The van der Waals surface area contributed by atoms with Gasteiger partial charge >= 0.3 is 5.76 Å². The van der Waals surface area contributed by atoms with E-state index in [1.54, 1.807) is 4.72 Å². The van der Waals surface area contributed by atoms with Gasteiger partial charge in [0.2, 0.25) is 0 Å². The molecule has 0 amide bonds. The number of halogens is 3. The lowest BCUT2D eigenvalue weighted by Crippen LogP contribution is -2.20. The van der Waals surface area contributed by atoms with Gasteiger partial charge in [-0.3, -0.25) is 4.72 Å². The van der Waals surface area contributed by atoms with Crippen molar-refractivity contribution in [2.75, 3.05) is 11.3 Å². The molecule has 0 radical (unpaired) electrons. The highest BCUT2D eigenvalue weighted by atomic mass is 35.5. The highest BCUT2D eigenvalue weighted by molar-refractivity contribution is 7.93. The van der Waals surface area contributed by atoms with Crippen LogP contribution in [0.25, 0.3) is 0 Å². The standard InChI is InChI=1S/C10H9ClF2N2O2S/c11-9-4-3-8(6-7(9)2-1-5-14)15-18(16,17)10(12)13/h3-4,6,10,15H,5,14H2. The summed E-state index contributed by atoms with van der Waals surface area (Å²) < 4.78 is 48.0. The Morgan fingerprint density at radius 2 is 2.11 bits per heavy atom. The average Bonchev–Trinajstić information content (AvgIpc) is 2.29. The highest BCUT2D eigenvalue weighted by Crippen LogP contribution is 2.21. The quantitative estimate of drug-likeness (QED) is 0.832. The zero-order chi connectivity index (χ0) is 13.8. The van der Waals surface area contributed by atoms with E-state index in [0.717, 1.165) is 0 Å². The molecular formula is C10H9ClF2N2O2S. The van der Waals surface area contributed by atoms with Gasteiger partial charge in [0, 0.05) is 5.56 Å². The van der Waals surface area contributed by atoms with E-state index in [2.05, 4.69) is 11.8 Å². The number of anilines is 1. The predicted octanol–water partition coefficient (Wildman–Crippen LogP) is 1.61. The van der Waals surface area contributed by atoms with Gasteiger partial charge in [0.25, 0.3) is 10.0 Å². The lowest BCUT2D eigenvalue weighted by atomic mass is 10.2. The normalized spacial score (nSPS) is 10.9. The van der Waals surface area contributed by atoms with E-state index in [9.17, 15) is 17.2 Å². The summed E-state index contributed by atoms with van der Waals surface area (Å²) in [6.45, 7) is 0.101. The predicted molar refractivity (Wildman–Crippen MR) is 65.9 cm³/mol. The van der Waals surface area contributed by atoms with E-state index in [-0.39, 0.29) is 17.3 Å². The zero-order valence-electron chi connectivity index (χ0n) is 8.95. The fourth-order valence-corrected chi connectivity index (χ4v) is 1.75. The van der Waals surface area contributed by atoms with E-state index in [0.29, 0.717) is 5.56 Å². The second-order valence-corrected chi connectivity index (χ2v) is 5.17. The average molecular weight is 295 g/mol. The fourth-order valence-electron chi connectivity index (χ4n) is 1.04. The third kappa shape index (κ3) is 3.84. The fraction of sp³-hybridized carbons (Fsp3) is 0.200. The molecule has 0 bridgehead atoms. The Hall–Kier alpha value is -1.36. The minimum atomic E-state index is -4.70. The molecule has 0 saturated heterocycles. The summed E-state index contributed by atoms with van der Waals surface area (Å²) in [5.41, 5.74) is 5.44. The van der Waals surface area contributed by atoms with E-state index < -0.39 is 15.8 Å². The Labute approximate surface area is 108 Å². The monoisotopic (exact) mass is 294 g/mol. The molecule has 0 unspecified atom stereocenters. The number of benzene rings is 1. The van der Waals surface area contributed by atoms with E-state index >= 15 is 0 Å². The zero-order valence-corrected chi connectivity index (χ0v) is 10.5. The molecule has 0 aliphatic carbocycles. The second-order valence-electron chi connectivity index (χ2n) is 3.11. The Morgan fingerprint density at radius 3 is 2.67 bits per heavy atom. The molecule has 0 atom stereocenters. The molecule has 1 rings (SSSR count). The van der Waals surface area contributed by atoms with Gasteiger partial charge in [-0.05, 0) is 18.2 Å². The number of nitrogens with two attached hydrogens (primary N) is 1. The molecule has 98 valence electrons. The van der Waals surface area contributed by atoms with Gasteiger partial charge in [0.1, 0.15) is 0 Å². The SMILES string of the molecule is NCC#Cc1cc(NS(=O)(=O)C(F)F)ccc1Cl. The minimum absolute atomic E-state index is 0.0407. The molecule has 0 aliphatic heterocycles. The largest absolute Gasteiger partial charge is 0.355 e. The first-order valence-corrected chi connectivity index (χ1v) is 6.57. The molecule has 0 saturated carbocycles. The summed E-state index contributed by atoms with van der Waals surface area (Å²) in [5, 5.41) is 0.274. The van der Waals surface area contributed by atoms with E-state index in [1.807, 2.05) is 0 Å². The summed E-state index contributed by atoms with van der Waals surface area (Å²) in [7, 11) is -4.70. The van der Waals surface area contributed by atoms with Crippen molar-refractivity contribution in [2.24, 2.45) is 5.73 Å². The van der Waals surface area contributed by atoms with Gasteiger partial charge in [0.05, 0.1) is 17.3 Å². The van der Waals surface area contributed by atoms with Crippen molar-refractivity contribution in [1.29, 1.82) is 0 Å². The van der Waals surface area contributed by atoms with Crippen LogP contribution >= 0.6 is 11.6 Å². The van der Waals surface area contributed by atoms with Crippen molar-refractivity contribution in [1.82, 2.24) is 0 Å². The van der Waals surface area contributed by atoms with Crippen LogP contribution in [-0.4, -0.2) is 20.7 Å². The molecule has 1 aromatic rings. The number of rotatable bonds is 3. The van der Waals surface area contributed by atoms with Crippen LogP contribution in [0.3, 0.4) is 0 Å². The molecule has 0 fully saturated rings. The lowest BCUT2D eigenvalue weighted by molar-refractivity contribution is 0.236. The molecule has 0 heterocycles. The van der Waals surface area contributed by atoms with E-state index in [1.165, 1.54) is 18.2 Å². The third-order valence-electron chi connectivity index (χ3n) is 1.79. The summed E-state index contributed by atoms with van der Waals surface area (Å²) >= 11 is 5.80. The molecule has 4 nitrogen and oxygen atoms in total. The maximum absolute atomic E-state index is 12.2. The number of sulfonamides is 1. The van der Waals surface area contributed by atoms with Gasteiger partial charge in [-0.1, -0.05) is 23.4 Å². The van der Waals surface area contributed by atoms with Crippen LogP contribution in [0.2, 0.25) is 5.02 Å². The molecule has 8 heteroatoms. The Morgan fingerprint density at radius 1 is 1.44 bits per heavy atom. The number of alkyl halides is 2. The lowest BCUT2D eigenvalue weighted by Gasteiger charge is -2.07. The summed E-state index contributed by atoms with van der Waals surface area (Å²) in [6.07, 6.45) is 0. The molecule has 3 N–H and O–H groups in total. The van der Waals surface area contributed by atoms with Crippen molar-refractivity contribution in [3.8, 4) is 11.8 Å². The van der Waals surface area contributed by atoms with E-state index in [4.69, 9.17) is 17.3 Å². The molecule has 18 heavy (non-hydrogen) atoms. The highest BCUT2D eigenvalue weighted by Gasteiger charge is 2.23. The van der Waals surface area contributed by atoms with Crippen LogP contribution in [0.1, 0.15) is 5.56 Å². The molecule has 0 spiro atoms. The Bertz CT molecular complexity index is 594. The van der Waals surface area contributed by atoms with Gasteiger partial charge in [-0.25, -0.2) is 8.42 Å². The van der Waals surface area contributed by atoms with Crippen LogP contribution in [0.4, 0.5) is 14.5 Å². The van der Waals surface area contributed by atoms with Crippen LogP contribution in [0, 0.1) is 11.8 Å². The number of hydrogen-bond acceptors (Lipinski definition) is 3.